The molecule has 3 heterocycles. The molecule has 0 radical (unpaired) electrons. The van der Waals surface area contributed by atoms with Crippen LogP contribution in [0, 0.1) is 0 Å². The van der Waals surface area contributed by atoms with E-state index in [4.69, 9.17) is 0 Å². The molecule has 2 aliphatic rings. The summed E-state index contributed by atoms with van der Waals surface area (Å²) in [6.07, 6.45) is 3.89. The fraction of sp³-hybridized carbons (Fsp3) is 0.562. The van der Waals surface area contributed by atoms with Gasteiger partial charge in [-0.15, -0.1) is 0 Å². The smallest absolute Gasteiger partial charge is 0.272 e. The molecule has 2 amide bonds. The highest BCUT2D eigenvalue weighted by Gasteiger charge is 2.33. The molecule has 3 rings (SSSR count). The van der Waals surface area contributed by atoms with Crippen LogP contribution in [0.15, 0.2) is 18.3 Å². The number of rotatable bonds is 3. The molecule has 2 saturated heterocycles. The maximum Gasteiger partial charge on any atom is 0.272 e. The summed E-state index contributed by atoms with van der Waals surface area (Å²) in [4.78, 5) is 32.3. The number of carbonyl (C=O) groups is 2. The van der Waals surface area contributed by atoms with Crippen LogP contribution in [-0.4, -0.2) is 72.7 Å². The number of sulfone groups is 1. The quantitative estimate of drug-likeness (QED) is 0.795. The molecule has 1 atom stereocenters. The Balaban J connectivity index is 1.75. The molecular weight excluding hydrogens is 330 g/mol. The minimum Gasteiger partial charge on any atom is -0.338 e. The first-order valence-electron chi connectivity index (χ1n) is 8.10. The number of likely N-dealkylation sites (tertiary alicyclic amines) is 1. The first kappa shape index (κ1) is 16.9. The average molecular weight is 351 g/mol. The van der Waals surface area contributed by atoms with Crippen LogP contribution in [0.1, 0.15) is 40.1 Å². The number of carbonyl (C=O) groups excluding carboxylic acids is 2. The van der Waals surface area contributed by atoms with Crippen LogP contribution < -0.4 is 0 Å². The second-order valence-corrected chi connectivity index (χ2v) is 8.63. The Labute approximate surface area is 141 Å². The van der Waals surface area contributed by atoms with E-state index in [0.29, 0.717) is 12.0 Å². The molecule has 0 N–H and O–H groups in total. The SMILES string of the molecule is CN(C(=O)c1ccnc(C(=O)N2CCCC2)c1)C1CCS(=O)(=O)C1. The van der Waals surface area contributed by atoms with Gasteiger partial charge in [-0.2, -0.15) is 0 Å². The van der Waals surface area contributed by atoms with Gasteiger partial charge in [-0.1, -0.05) is 0 Å². The van der Waals surface area contributed by atoms with Crippen molar-refractivity contribution in [2.24, 2.45) is 0 Å². The van der Waals surface area contributed by atoms with Gasteiger partial charge in [0, 0.05) is 37.9 Å². The van der Waals surface area contributed by atoms with Crippen molar-refractivity contribution in [1.82, 2.24) is 14.8 Å². The van der Waals surface area contributed by atoms with E-state index in [1.54, 1.807) is 18.0 Å². The Morgan fingerprint density at radius 1 is 1.29 bits per heavy atom. The second kappa shape index (κ2) is 6.51. The first-order chi connectivity index (χ1) is 11.4. The van der Waals surface area contributed by atoms with Crippen LogP contribution in [0.2, 0.25) is 0 Å². The third-order valence-electron chi connectivity index (χ3n) is 4.70. The van der Waals surface area contributed by atoms with Crippen LogP contribution in [-0.2, 0) is 9.84 Å². The fourth-order valence-corrected chi connectivity index (χ4v) is 4.99. The van der Waals surface area contributed by atoms with E-state index in [0.717, 1.165) is 25.9 Å². The van der Waals surface area contributed by atoms with Crippen LogP contribution in [0.5, 0.6) is 0 Å². The lowest BCUT2D eigenvalue weighted by molar-refractivity contribution is 0.0747. The van der Waals surface area contributed by atoms with Gasteiger partial charge < -0.3 is 9.80 Å². The van der Waals surface area contributed by atoms with Crippen molar-refractivity contribution in [2.75, 3.05) is 31.6 Å². The van der Waals surface area contributed by atoms with Gasteiger partial charge in [0.25, 0.3) is 11.8 Å². The van der Waals surface area contributed by atoms with Crippen molar-refractivity contribution >= 4 is 21.7 Å². The molecule has 1 unspecified atom stereocenters. The fourth-order valence-electron chi connectivity index (χ4n) is 3.21. The zero-order valence-electron chi connectivity index (χ0n) is 13.6. The van der Waals surface area contributed by atoms with Gasteiger partial charge in [0.2, 0.25) is 0 Å². The highest BCUT2D eigenvalue weighted by Crippen LogP contribution is 2.19. The molecule has 0 bridgehead atoms. The number of hydrogen-bond acceptors (Lipinski definition) is 5. The standard InChI is InChI=1S/C16H21N3O4S/c1-18(13-5-9-24(22,23)11-13)15(20)12-4-6-17-14(10-12)16(21)19-7-2-3-8-19/h4,6,10,13H,2-3,5,7-9,11H2,1H3. The summed E-state index contributed by atoms with van der Waals surface area (Å²) < 4.78 is 23.2. The predicted octanol–water partition coefficient (Wildman–Crippen LogP) is 0.577. The molecule has 24 heavy (non-hydrogen) atoms. The molecular formula is C16H21N3O4S. The first-order valence-corrected chi connectivity index (χ1v) is 9.92. The molecule has 0 aliphatic carbocycles. The molecule has 8 heteroatoms. The van der Waals surface area contributed by atoms with E-state index >= 15 is 0 Å². The highest BCUT2D eigenvalue weighted by atomic mass is 32.2. The lowest BCUT2D eigenvalue weighted by Crippen LogP contribution is -2.38. The Bertz CT molecular complexity index is 756. The van der Waals surface area contributed by atoms with Crippen molar-refractivity contribution in [3.05, 3.63) is 29.6 Å². The third-order valence-corrected chi connectivity index (χ3v) is 6.45. The summed E-state index contributed by atoms with van der Waals surface area (Å²) in [5, 5.41) is 0. The molecule has 2 fully saturated rings. The number of amides is 2. The van der Waals surface area contributed by atoms with E-state index in [1.165, 1.54) is 17.2 Å². The predicted molar refractivity (Wildman–Crippen MR) is 88.5 cm³/mol. The number of hydrogen-bond donors (Lipinski definition) is 0. The maximum absolute atomic E-state index is 12.6. The molecule has 1 aromatic rings. The van der Waals surface area contributed by atoms with Crippen LogP contribution in [0.25, 0.3) is 0 Å². The van der Waals surface area contributed by atoms with E-state index in [-0.39, 0.29) is 35.1 Å². The van der Waals surface area contributed by atoms with Gasteiger partial charge in [-0.05, 0) is 31.4 Å². The van der Waals surface area contributed by atoms with Gasteiger partial charge >= 0.3 is 0 Å². The Kier molecular flexibility index (Phi) is 4.58. The van der Waals surface area contributed by atoms with Gasteiger partial charge in [-0.3, -0.25) is 14.6 Å². The van der Waals surface area contributed by atoms with E-state index < -0.39 is 9.84 Å². The number of nitrogens with zero attached hydrogens (tertiary/aromatic N) is 3. The number of pyridine rings is 1. The van der Waals surface area contributed by atoms with E-state index in [2.05, 4.69) is 4.98 Å². The lowest BCUT2D eigenvalue weighted by Gasteiger charge is -2.23. The largest absolute Gasteiger partial charge is 0.338 e. The summed E-state index contributed by atoms with van der Waals surface area (Å²) in [5.41, 5.74) is 0.620. The minimum atomic E-state index is -3.06. The highest BCUT2D eigenvalue weighted by molar-refractivity contribution is 7.91. The van der Waals surface area contributed by atoms with Gasteiger partial charge in [-0.25, -0.2) is 8.42 Å². The number of aromatic nitrogens is 1. The van der Waals surface area contributed by atoms with Gasteiger partial charge in [0.15, 0.2) is 9.84 Å². The normalized spacial score (nSPS) is 22.5. The summed E-state index contributed by atoms with van der Waals surface area (Å²) >= 11 is 0. The van der Waals surface area contributed by atoms with Crippen molar-refractivity contribution in [2.45, 2.75) is 25.3 Å². The zero-order valence-corrected chi connectivity index (χ0v) is 14.5. The Morgan fingerprint density at radius 3 is 2.62 bits per heavy atom. The molecule has 0 spiro atoms. The summed E-state index contributed by atoms with van der Waals surface area (Å²) in [7, 11) is -1.45. The monoisotopic (exact) mass is 351 g/mol. The van der Waals surface area contributed by atoms with Crippen molar-refractivity contribution in [3.8, 4) is 0 Å². The summed E-state index contributed by atoms with van der Waals surface area (Å²) in [6.45, 7) is 1.44. The molecule has 7 nitrogen and oxygen atoms in total. The molecule has 1 aromatic heterocycles. The van der Waals surface area contributed by atoms with Crippen LogP contribution >= 0.6 is 0 Å². The molecule has 0 saturated carbocycles. The summed E-state index contributed by atoms with van der Waals surface area (Å²) in [5.74, 6) is -0.326. The molecule has 130 valence electrons. The third kappa shape index (κ3) is 3.43. The molecule has 0 aromatic carbocycles. The maximum atomic E-state index is 12.6. The molecule has 2 aliphatic heterocycles. The average Bonchev–Trinajstić information content (AvgIpc) is 3.22. The van der Waals surface area contributed by atoms with Crippen LogP contribution in [0.4, 0.5) is 0 Å². The van der Waals surface area contributed by atoms with Gasteiger partial charge in [0.05, 0.1) is 11.5 Å². The lowest BCUT2D eigenvalue weighted by atomic mass is 10.1. The van der Waals surface area contributed by atoms with Crippen molar-refractivity contribution in [3.63, 3.8) is 0 Å². The Hall–Kier alpha value is -1.96. The van der Waals surface area contributed by atoms with Crippen LogP contribution in [0.3, 0.4) is 0 Å². The van der Waals surface area contributed by atoms with E-state index in [1.807, 2.05) is 0 Å². The van der Waals surface area contributed by atoms with Crippen molar-refractivity contribution in [1.29, 1.82) is 0 Å². The van der Waals surface area contributed by atoms with Crippen molar-refractivity contribution < 1.29 is 18.0 Å². The topological polar surface area (TPSA) is 87.7 Å². The summed E-state index contributed by atoms with van der Waals surface area (Å²) in [6, 6.07) is 2.75. The Morgan fingerprint density at radius 2 is 2.00 bits per heavy atom. The second-order valence-electron chi connectivity index (χ2n) is 6.40. The zero-order chi connectivity index (χ0) is 17.3. The van der Waals surface area contributed by atoms with E-state index in [9.17, 15) is 18.0 Å². The minimum absolute atomic E-state index is 0.000110. The van der Waals surface area contributed by atoms with Gasteiger partial charge in [0.1, 0.15) is 5.69 Å².